The number of amides is 3. The Balaban J connectivity index is 1.34. The molecule has 0 unspecified atom stereocenters. The predicted molar refractivity (Wildman–Crippen MR) is 98.6 cm³/mol. The summed E-state index contributed by atoms with van der Waals surface area (Å²) in [5.74, 6) is -1.51. The van der Waals surface area contributed by atoms with Gasteiger partial charge in [0.1, 0.15) is 6.54 Å². The van der Waals surface area contributed by atoms with E-state index in [0.29, 0.717) is 17.2 Å². The Hall–Kier alpha value is -3.88. The maximum Gasteiger partial charge on any atom is 0.326 e. The van der Waals surface area contributed by atoms with Crippen molar-refractivity contribution < 1.29 is 33.4 Å². The second kappa shape index (κ2) is 7.27. The molecule has 9 nitrogen and oxygen atoms in total. The normalized spacial score (nSPS) is 15.1. The molecule has 148 valence electrons. The van der Waals surface area contributed by atoms with Crippen molar-refractivity contribution in [3.8, 4) is 11.5 Å². The second-order valence-corrected chi connectivity index (χ2v) is 6.43. The summed E-state index contributed by atoms with van der Waals surface area (Å²) in [6.45, 7) is 0.926. The Labute approximate surface area is 165 Å². The Morgan fingerprint density at radius 3 is 2.41 bits per heavy atom. The van der Waals surface area contributed by atoms with Crippen LogP contribution >= 0.6 is 0 Å². The number of ether oxygens (including phenoxy) is 3. The molecule has 0 aromatic heterocycles. The van der Waals surface area contributed by atoms with E-state index >= 15 is 0 Å². The summed E-state index contributed by atoms with van der Waals surface area (Å²) in [5, 5.41) is 2.60. The first-order valence-corrected chi connectivity index (χ1v) is 8.79. The SMILES string of the molecule is C[C@H](OC(=O)CN1C(=O)c2ccccc2C1=O)C(=O)Nc1ccc2c(c1)OCO2. The van der Waals surface area contributed by atoms with E-state index in [4.69, 9.17) is 14.2 Å². The van der Waals surface area contributed by atoms with Crippen LogP contribution in [0.5, 0.6) is 11.5 Å². The van der Waals surface area contributed by atoms with Crippen LogP contribution in [0.15, 0.2) is 42.5 Å². The maximum atomic E-state index is 12.3. The van der Waals surface area contributed by atoms with Crippen LogP contribution in [0.3, 0.4) is 0 Å². The zero-order valence-electron chi connectivity index (χ0n) is 15.3. The molecule has 0 saturated heterocycles. The summed E-state index contributed by atoms with van der Waals surface area (Å²) >= 11 is 0. The fraction of sp³-hybridized carbons (Fsp3) is 0.200. The van der Waals surface area contributed by atoms with Crippen molar-refractivity contribution >= 4 is 29.4 Å². The van der Waals surface area contributed by atoms with Gasteiger partial charge in [-0.05, 0) is 31.2 Å². The molecule has 2 aromatic carbocycles. The van der Waals surface area contributed by atoms with E-state index in [1.807, 2.05) is 0 Å². The molecule has 2 aromatic rings. The number of hydrogen-bond donors (Lipinski definition) is 1. The van der Waals surface area contributed by atoms with Crippen LogP contribution in [0.2, 0.25) is 0 Å². The number of carbonyl (C=O) groups excluding carboxylic acids is 4. The fourth-order valence-corrected chi connectivity index (χ4v) is 3.02. The lowest BCUT2D eigenvalue weighted by molar-refractivity contribution is -0.153. The lowest BCUT2D eigenvalue weighted by Crippen LogP contribution is -2.38. The van der Waals surface area contributed by atoms with E-state index in [9.17, 15) is 19.2 Å². The van der Waals surface area contributed by atoms with Gasteiger partial charge >= 0.3 is 5.97 Å². The quantitative estimate of drug-likeness (QED) is 0.603. The molecule has 1 atom stereocenters. The standard InChI is InChI=1S/C20H16N2O7/c1-11(18(24)21-12-6-7-15-16(8-12)28-10-27-15)29-17(23)9-22-19(25)13-4-2-3-5-14(13)20(22)26/h2-8,11H,9-10H2,1H3,(H,21,24)/t11-/m0/s1. The fourth-order valence-electron chi connectivity index (χ4n) is 3.02. The highest BCUT2D eigenvalue weighted by Crippen LogP contribution is 2.34. The number of imide groups is 1. The molecule has 0 fully saturated rings. The van der Waals surface area contributed by atoms with Crippen LogP contribution in [-0.2, 0) is 14.3 Å². The number of fused-ring (bicyclic) bond motifs is 2. The van der Waals surface area contributed by atoms with Gasteiger partial charge in [-0.2, -0.15) is 0 Å². The van der Waals surface area contributed by atoms with Crippen molar-refractivity contribution in [3.05, 3.63) is 53.6 Å². The summed E-state index contributed by atoms with van der Waals surface area (Å²) in [7, 11) is 0. The Morgan fingerprint density at radius 2 is 1.72 bits per heavy atom. The topological polar surface area (TPSA) is 111 Å². The van der Waals surface area contributed by atoms with E-state index in [-0.39, 0.29) is 17.9 Å². The van der Waals surface area contributed by atoms with Crippen molar-refractivity contribution in [2.45, 2.75) is 13.0 Å². The van der Waals surface area contributed by atoms with E-state index in [0.717, 1.165) is 4.90 Å². The molecule has 0 saturated carbocycles. The van der Waals surface area contributed by atoms with Crippen LogP contribution in [0, 0.1) is 0 Å². The molecular weight excluding hydrogens is 380 g/mol. The van der Waals surface area contributed by atoms with Crippen molar-refractivity contribution in [2.75, 3.05) is 18.7 Å². The average Bonchev–Trinajstić information content (AvgIpc) is 3.26. The largest absolute Gasteiger partial charge is 0.454 e. The smallest absolute Gasteiger partial charge is 0.326 e. The van der Waals surface area contributed by atoms with Crippen LogP contribution in [0.1, 0.15) is 27.6 Å². The van der Waals surface area contributed by atoms with Gasteiger partial charge in [-0.15, -0.1) is 0 Å². The van der Waals surface area contributed by atoms with Crippen molar-refractivity contribution in [2.24, 2.45) is 0 Å². The van der Waals surface area contributed by atoms with E-state index in [1.165, 1.54) is 19.1 Å². The van der Waals surface area contributed by atoms with Gasteiger partial charge in [-0.25, -0.2) is 0 Å². The lowest BCUT2D eigenvalue weighted by atomic mass is 10.1. The minimum absolute atomic E-state index is 0.110. The van der Waals surface area contributed by atoms with E-state index in [1.54, 1.807) is 30.3 Å². The molecule has 0 bridgehead atoms. The highest BCUT2D eigenvalue weighted by atomic mass is 16.7. The van der Waals surface area contributed by atoms with E-state index < -0.39 is 36.3 Å². The number of nitrogens with one attached hydrogen (secondary N) is 1. The van der Waals surface area contributed by atoms with Crippen molar-refractivity contribution in [1.29, 1.82) is 0 Å². The molecule has 0 spiro atoms. The third-order valence-corrected chi connectivity index (χ3v) is 4.48. The van der Waals surface area contributed by atoms with Gasteiger partial charge < -0.3 is 19.5 Å². The van der Waals surface area contributed by atoms with Crippen LogP contribution in [-0.4, -0.2) is 48.0 Å². The molecule has 4 rings (SSSR count). The van der Waals surface area contributed by atoms with Gasteiger partial charge in [0.15, 0.2) is 17.6 Å². The van der Waals surface area contributed by atoms with Gasteiger partial charge in [0.25, 0.3) is 17.7 Å². The first-order valence-electron chi connectivity index (χ1n) is 8.79. The van der Waals surface area contributed by atoms with Gasteiger partial charge in [-0.3, -0.25) is 24.1 Å². The molecule has 2 heterocycles. The van der Waals surface area contributed by atoms with Crippen LogP contribution in [0.4, 0.5) is 5.69 Å². The van der Waals surface area contributed by atoms with Crippen LogP contribution in [0.25, 0.3) is 0 Å². The zero-order chi connectivity index (χ0) is 20.5. The minimum Gasteiger partial charge on any atom is -0.454 e. The first-order chi connectivity index (χ1) is 13.9. The van der Waals surface area contributed by atoms with Gasteiger partial charge in [0, 0.05) is 11.8 Å². The summed E-state index contributed by atoms with van der Waals surface area (Å²) in [5.41, 5.74) is 0.917. The monoisotopic (exact) mass is 396 g/mol. The minimum atomic E-state index is -1.14. The molecule has 2 aliphatic rings. The molecule has 29 heavy (non-hydrogen) atoms. The molecule has 0 aliphatic carbocycles. The summed E-state index contributed by atoms with van der Waals surface area (Å²) < 4.78 is 15.5. The molecular formula is C20H16N2O7. The molecule has 2 aliphatic heterocycles. The summed E-state index contributed by atoms with van der Waals surface area (Å²) in [6.07, 6.45) is -1.14. The zero-order valence-corrected chi connectivity index (χ0v) is 15.3. The van der Waals surface area contributed by atoms with Crippen molar-refractivity contribution in [1.82, 2.24) is 4.90 Å². The first kappa shape index (κ1) is 18.5. The predicted octanol–water partition coefficient (Wildman–Crippen LogP) is 1.58. The Bertz CT molecular complexity index is 998. The number of carbonyl (C=O) groups is 4. The van der Waals surface area contributed by atoms with E-state index in [2.05, 4.69) is 5.32 Å². The Morgan fingerprint density at radius 1 is 1.07 bits per heavy atom. The number of benzene rings is 2. The number of hydrogen-bond acceptors (Lipinski definition) is 7. The molecule has 9 heteroatoms. The number of rotatable bonds is 5. The molecule has 0 radical (unpaired) electrons. The van der Waals surface area contributed by atoms with Gasteiger partial charge in [-0.1, -0.05) is 12.1 Å². The Kier molecular flexibility index (Phi) is 4.63. The van der Waals surface area contributed by atoms with Gasteiger partial charge in [0.2, 0.25) is 6.79 Å². The molecule has 1 N–H and O–H groups in total. The van der Waals surface area contributed by atoms with Gasteiger partial charge in [0.05, 0.1) is 11.1 Å². The summed E-state index contributed by atoms with van der Waals surface area (Å²) in [4.78, 5) is 49.8. The number of anilines is 1. The third-order valence-electron chi connectivity index (χ3n) is 4.48. The van der Waals surface area contributed by atoms with Crippen molar-refractivity contribution in [3.63, 3.8) is 0 Å². The summed E-state index contributed by atoms with van der Waals surface area (Å²) in [6, 6.07) is 11.2. The molecule has 3 amide bonds. The number of nitrogens with zero attached hydrogens (tertiary/aromatic N) is 1. The third kappa shape index (κ3) is 3.49. The number of esters is 1. The lowest BCUT2D eigenvalue weighted by Gasteiger charge is -2.17. The second-order valence-electron chi connectivity index (χ2n) is 6.43. The van der Waals surface area contributed by atoms with Crippen LogP contribution < -0.4 is 14.8 Å². The average molecular weight is 396 g/mol. The highest BCUT2D eigenvalue weighted by Gasteiger charge is 2.37. The highest BCUT2D eigenvalue weighted by molar-refractivity contribution is 6.22. The maximum absolute atomic E-state index is 12.3.